The third kappa shape index (κ3) is 4.00. The van der Waals surface area contributed by atoms with Crippen LogP contribution in [0.1, 0.15) is 0 Å². The summed E-state index contributed by atoms with van der Waals surface area (Å²) >= 11 is 3.73. The van der Waals surface area contributed by atoms with Gasteiger partial charge in [-0.15, -0.1) is 22.7 Å². The second kappa shape index (κ2) is 10.2. The molecule has 0 saturated carbocycles. The number of hydrogen-bond acceptors (Lipinski definition) is 3. The zero-order chi connectivity index (χ0) is 33.2. The highest BCUT2D eigenvalue weighted by Crippen LogP contribution is 2.44. The third-order valence-electron chi connectivity index (χ3n) is 10.7. The molecule has 0 aliphatic rings. The summed E-state index contributed by atoms with van der Waals surface area (Å²) in [4.78, 5) is 5.42. The first-order chi connectivity index (χ1) is 25.2. The molecule has 2 nitrogen and oxygen atoms in total. The van der Waals surface area contributed by atoms with Crippen molar-refractivity contribution in [1.82, 2.24) is 9.38 Å². The molecule has 4 aromatic heterocycles. The van der Waals surface area contributed by atoms with Crippen molar-refractivity contribution in [3.8, 4) is 22.4 Å². The van der Waals surface area contributed by atoms with Crippen LogP contribution in [-0.2, 0) is 0 Å². The number of nitrogens with zero attached hydrogens (tertiary/aromatic N) is 2. The maximum absolute atomic E-state index is 5.42. The van der Waals surface area contributed by atoms with E-state index in [-0.39, 0.29) is 0 Å². The van der Waals surface area contributed by atoms with E-state index in [0.29, 0.717) is 0 Å². The first-order valence-corrected chi connectivity index (χ1v) is 18.9. The lowest BCUT2D eigenvalue weighted by molar-refractivity contribution is 1.25. The van der Waals surface area contributed by atoms with Gasteiger partial charge in [0.25, 0.3) is 0 Å². The van der Waals surface area contributed by atoms with E-state index in [1.165, 1.54) is 89.4 Å². The lowest BCUT2D eigenvalue weighted by Crippen LogP contribution is -1.93. The summed E-state index contributed by atoms with van der Waals surface area (Å²) in [5.74, 6) is 0. The summed E-state index contributed by atoms with van der Waals surface area (Å²) in [6, 6.07) is 58.3. The molecule has 0 saturated heterocycles. The van der Waals surface area contributed by atoms with E-state index in [4.69, 9.17) is 4.98 Å². The van der Waals surface area contributed by atoms with Gasteiger partial charge in [0, 0.05) is 35.6 Å². The Morgan fingerprint density at radius 3 is 1.92 bits per heavy atom. The van der Waals surface area contributed by atoms with Crippen LogP contribution < -0.4 is 0 Å². The van der Waals surface area contributed by atoms with Crippen LogP contribution in [0.4, 0.5) is 0 Å². The highest BCUT2D eigenvalue weighted by atomic mass is 32.1. The van der Waals surface area contributed by atoms with Gasteiger partial charge >= 0.3 is 0 Å². The molecule has 0 N–H and O–H groups in total. The number of aromatic nitrogens is 2. The van der Waals surface area contributed by atoms with Gasteiger partial charge < -0.3 is 0 Å². The molecule has 8 aromatic carbocycles. The van der Waals surface area contributed by atoms with Crippen LogP contribution >= 0.6 is 22.7 Å². The molecule has 0 bridgehead atoms. The van der Waals surface area contributed by atoms with Gasteiger partial charge in [-0.25, -0.2) is 4.98 Å². The van der Waals surface area contributed by atoms with Crippen LogP contribution in [0.2, 0.25) is 0 Å². The minimum absolute atomic E-state index is 1.02. The molecule has 0 amide bonds. The van der Waals surface area contributed by atoms with Gasteiger partial charge in [0.1, 0.15) is 0 Å². The second-order valence-corrected chi connectivity index (χ2v) is 15.7. The molecule has 12 rings (SSSR count). The van der Waals surface area contributed by atoms with Crippen LogP contribution in [0.25, 0.3) is 112 Å². The fourth-order valence-electron chi connectivity index (χ4n) is 8.22. The predicted octanol–water partition coefficient (Wildman–Crippen LogP) is 14.0. The molecule has 0 atom stereocenters. The number of fused-ring (bicyclic) bond motifs is 14. The Morgan fingerprint density at radius 1 is 0.392 bits per heavy atom. The molecule has 0 spiro atoms. The molecule has 4 heterocycles. The Hall–Kier alpha value is -6.07. The Bertz CT molecular complexity index is 3420. The summed E-state index contributed by atoms with van der Waals surface area (Å²) in [5, 5.41) is 12.7. The molecule has 0 fully saturated rings. The second-order valence-electron chi connectivity index (χ2n) is 13.6. The molecule has 236 valence electrons. The van der Waals surface area contributed by atoms with Crippen molar-refractivity contribution in [1.29, 1.82) is 0 Å². The molecule has 51 heavy (non-hydrogen) atoms. The van der Waals surface area contributed by atoms with Crippen molar-refractivity contribution < 1.29 is 0 Å². The van der Waals surface area contributed by atoms with Gasteiger partial charge in [0.2, 0.25) is 0 Å². The smallest absolute Gasteiger partial charge is 0.156 e. The number of benzene rings is 8. The summed E-state index contributed by atoms with van der Waals surface area (Å²) in [6.45, 7) is 0. The number of pyridine rings is 1. The van der Waals surface area contributed by atoms with Crippen molar-refractivity contribution in [3.63, 3.8) is 0 Å². The number of hydrogen-bond donors (Lipinski definition) is 0. The van der Waals surface area contributed by atoms with E-state index in [0.717, 1.165) is 22.4 Å². The standard InChI is InChI=1S/C47H26N2S2/c1-2-9-31-22-34-25-42-40(24-33(34)21-30(31)8-1)48-47-46-39(37-19-17-28-7-3-4-10-35(28)45(37)51-46)26-41(49(42)47)29-15-13-27(14-16-29)32-18-20-44-38(23-32)36-11-5-6-12-43(36)50-44/h1-26H. The van der Waals surface area contributed by atoms with Crippen LogP contribution in [-0.4, -0.2) is 9.38 Å². The first kappa shape index (κ1) is 27.7. The number of rotatable bonds is 2. The summed E-state index contributed by atoms with van der Waals surface area (Å²) in [7, 11) is 0. The summed E-state index contributed by atoms with van der Waals surface area (Å²) < 4.78 is 7.61. The van der Waals surface area contributed by atoms with Crippen molar-refractivity contribution in [2.75, 3.05) is 0 Å². The van der Waals surface area contributed by atoms with Crippen molar-refractivity contribution in [2.24, 2.45) is 0 Å². The fraction of sp³-hybridized carbons (Fsp3) is 0. The minimum atomic E-state index is 1.02. The molecule has 4 heteroatoms. The minimum Gasteiger partial charge on any atom is -0.291 e. The molecule has 0 radical (unpaired) electrons. The van der Waals surface area contributed by atoms with Gasteiger partial charge in [0.15, 0.2) is 5.65 Å². The zero-order valence-electron chi connectivity index (χ0n) is 27.2. The van der Waals surface area contributed by atoms with Gasteiger partial charge in [-0.3, -0.25) is 4.40 Å². The fourth-order valence-corrected chi connectivity index (χ4v) is 10.6. The van der Waals surface area contributed by atoms with E-state index >= 15 is 0 Å². The Balaban J connectivity index is 1.12. The van der Waals surface area contributed by atoms with Crippen LogP contribution in [0.3, 0.4) is 0 Å². The van der Waals surface area contributed by atoms with Crippen LogP contribution in [0, 0.1) is 0 Å². The summed E-state index contributed by atoms with van der Waals surface area (Å²) in [5.41, 5.74) is 7.94. The molecule has 0 unspecified atom stereocenters. The molecule has 12 aromatic rings. The highest BCUT2D eigenvalue weighted by molar-refractivity contribution is 7.27. The van der Waals surface area contributed by atoms with Gasteiger partial charge in [0.05, 0.1) is 21.4 Å². The third-order valence-corrected chi connectivity index (χ3v) is 13.1. The number of thiophene rings is 2. The molecule has 0 aliphatic carbocycles. The normalized spacial score (nSPS) is 12.3. The number of imidazole rings is 1. The average Bonchev–Trinajstić information content (AvgIpc) is 3.87. The molecular formula is C47H26N2S2. The maximum atomic E-state index is 5.42. The monoisotopic (exact) mass is 682 g/mol. The SMILES string of the molecule is c1ccc2cc3cc4c(cc3cc2c1)nc1c2sc3c5ccccc5ccc3c2cc(-c2ccc(-c3ccc5sc6ccccc6c5c3)cc2)n41. The van der Waals surface area contributed by atoms with E-state index in [1.807, 2.05) is 22.7 Å². The van der Waals surface area contributed by atoms with E-state index in [2.05, 4.69) is 162 Å². The van der Waals surface area contributed by atoms with E-state index < -0.39 is 0 Å². The van der Waals surface area contributed by atoms with E-state index in [9.17, 15) is 0 Å². The Labute approximate surface area is 300 Å². The zero-order valence-corrected chi connectivity index (χ0v) is 28.9. The average molecular weight is 683 g/mol. The van der Waals surface area contributed by atoms with Gasteiger partial charge in [-0.2, -0.15) is 0 Å². The largest absolute Gasteiger partial charge is 0.291 e. The maximum Gasteiger partial charge on any atom is 0.156 e. The topological polar surface area (TPSA) is 17.3 Å². The molecule has 0 aliphatic heterocycles. The van der Waals surface area contributed by atoms with Gasteiger partial charge in [-0.1, -0.05) is 109 Å². The lowest BCUT2D eigenvalue weighted by atomic mass is 10.00. The quantitative estimate of drug-likeness (QED) is 0.166. The van der Waals surface area contributed by atoms with Crippen LogP contribution in [0.15, 0.2) is 158 Å². The highest BCUT2D eigenvalue weighted by Gasteiger charge is 2.19. The van der Waals surface area contributed by atoms with Crippen molar-refractivity contribution in [3.05, 3.63) is 158 Å². The Morgan fingerprint density at radius 2 is 1.08 bits per heavy atom. The van der Waals surface area contributed by atoms with Crippen molar-refractivity contribution >= 4 is 112 Å². The van der Waals surface area contributed by atoms with E-state index in [1.54, 1.807) is 0 Å². The lowest BCUT2D eigenvalue weighted by Gasteiger charge is -2.11. The van der Waals surface area contributed by atoms with Crippen molar-refractivity contribution in [2.45, 2.75) is 0 Å². The van der Waals surface area contributed by atoms with Gasteiger partial charge in [-0.05, 0) is 97.5 Å². The Kier molecular flexibility index (Phi) is 5.56. The summed E-state index contributed by atoms with van der Waals surface area (Å²) in [6.07, 6.45) is 0. The molecular weight excluding hydrogens is 657 g/mol. The predicted molar refractivity (Wildman–Crippen MR) is 222 cm³/mol. The first-order valence-electron chi connectivity index (χ1n) is 17.3. The van der Waals surface area contributed by atoms with Crippen LogP contribution in [0.5, 0.6) is 0 Å².